The van der Waals surface area contributed by atoms with Crippen molar-refractivity contribution in [1.29, 1.82) is 0 Å². The van der Waals surface area contributed by atoms with Gasteiger partial charge in [0.25, 0.3) is 0 Å². The van der Waals surface area contributed by atoms with Gasteiger partial charge in [0, 0.05) is 24.3 Å². The monoisotopic (exact) mass is 314 g/mol. The number of urea groups is 1. The maximum absolute atomic E-state index is 12.2. The molecule has 0 bridgehead atoms. The van der Waals surface area contributed by atoms with Crippen LogP contribution >= 0.6 is 0 Å². The van der Waals surface area contributed by atoms with Gasteiger partial charge in [0.1, 0.15) is 12.4 Å². The second kappa shape index (κ2) is 7.38. The van der Waals surface area contributed by atoms with Gasteiger partial charge in [0.15, 0.2) is 0 Å². The minimum Gasteiger partial charge on any atom is -0.481 e. The van der Waals surface area contributed by atoms with E-state index < -0.39 is 0 Å². The zero-order valence-electron chi connectivity index (χ0n) is 13.1. The molecule has 1 aliphatic carbocycles. The molecule has 2 N–H and O–H groups in total. The van der Waals surface area contributed by atoms with Crippen molar-refractivity contribution in [3.8, 4) is 18.1 Å². The molecule has 1 aliphatic heterocycles. The van der Waals surface area contributed by atoms with Gasteiger partial charge in [0.2, 0.25) is 0 Å². The lowest BCUT2D eigenvalue weighted by Crippen LogP contribution is -2.47. The number of carbonyl (C=O) groups is 1. The Morgan fingerprint density at radius 2 is 2.13 bits per heavy atom. The van der Waals surface area contributed by atoms with E-state index in [1.54, 1.807) is 24.3 Å². The summed E-state index contributed by atoms with van der Waals surface area (Å²) >= 11 is 0. The summed E-state index contributed by atoms with van der Waals surface area (Å²) < 4.78 is 11.0. The van der Waals surface area contributed by atoms with E-state index in [-0.39, 0.29) is 18.7 Å². The highest BCUT2D eigenvalue weighted by atomic mass is 16.5. The summed E-state index contributed by atoms with van der Waals surface area (Å²) in [5.41, 5.74) is 0.727. The third-order valence-electron chi connectivity index (χ3n) is 4.53. The second-order valence-electron chi connectivity index (χ2n) is 6.01. The lowest BCUT2D eigenvalue weighted by atomic mass is 9.82. The van der Waals surface area contributed by atoms with Crippen molar-refractivity contribution in [2.75, 3.05) is 18.5 Å². The summed E-state index contributed by atoms with van der Waals surface area (Å²) in [5.74, 6) is 3.55. The minimum absolute atomic E-state index is 0.167. The van der Waals surface area contributed by atoms with Gasteiger partial charge >= 0.3 is 6.03 Å². The molecule has 0 aromatic heterocycles. The van der Waals surface area contributed by atoms with Gasteiger partial charge in [-0.2, -0.15) is 0 Å². The van der Waals surface area contributed by atoms with Crippen molar-refractivity contribution in [3.63, 3.8) is 0 Å². The third-order valence-corrected chi connectivity index (χ3v) is 4.53. The Hall–Kier alpha value is -2.19. The summed E-state index contributed by atoms with van der Waals surface area (Å²) in [6.07, 6.45) is 9.75. The first-order chi connectivity index (χ1) is 11.3. The van der Waals surface area contributed by atoms with E-state index in [4.69, 9.17) is 15.9 Å². The Kier molecular flexibility index (Phi) is 5.04. The average molecular weight is 314 g/mol. The van der Waals surface area contributed by atoms with Crippen molar-refractivity contribution in [2.45, 2.75) is 37.8 Å². The van der Waals surface area contributed by atoms with Crippen LogP contribution in [-0.4, -0.2) is 31.4 Å². The number of carbonyl (C=O) groups excluding carboxylic acids is 1. The summed E-state index contributed by atoms with van der Waals surface area (Å²) in [6.45, 7) is 1.05. The van der Waals surface area contributed by atoms with Crippen molar-refractivity contribution in [2.24, 2.45) is 5.92 Å². The first kappa shape index (κ1) is 15.7. The van der Waals surface area contributed by atoms with Crippen LogP contribution in [0.5, 0.6) is 5.75 Å². The quantitative estimate of drug-likeness (QED) is 0.840. The van der Waals surface area contributed by atoms with Gasteiger partial charge < -0.3 is 20.1 Å². The topological polar surface area (TPSA) is 59.6 Å². The Labute approximate surface area is 136 Å². The minimum atomic E-state index is -0.167. The van der Waals surface area contributed by atoms with Crippen molar-refractivity contribution < 1.29 is 14.3 Å². The molecule has 2 aliphatic rings. The summed E-state index contributed by atoms with van der Waals surface area (Å²) in [6, 6.07) is 7.21. The number of hydrogen-bond acceptors (Lipinski definition) is 3. The molecule has 1 heterocycles. The van der Waals surface area contributed by atoms with Crippen LogP contribution in [0.3, 0.4) is 0 Å². The number of rotatable bonds is 4. The van der Waals surface area contributed by atoms with Crippen LogP contribution in [0, 0.1) is 18.3 Å². The number of nitrogens with one attached hydrogen (secondary N) is 2. The molecule has 23 heavy (non-hydrogen) atoms. The standard InChI is InChI=1S/C18H22N2O3/c1-2-11-22-14-8-6-13(7-9-14)19-18(21)20-16-4-3-5-17-15(16)10-12-23-17/h1,6-9,15-17H,3-5,10-12H2,(H2,19,20,21)/t15-,16-,17-/m1/s1. The molecule has 1 aromatic carbocycles. The van der Waals surface area contributed by atoms with Crippen LogP contribution in [0.15, 0.2) is 24.3 Å². The Bertz CT molecular complexity index is 579. The number of anilines is 1. The molecule has 0 unspecified atom stereocenters. The van der Waals surface area contributed by atoms with Crippen molar-refractivity contribution in [3.05, 3.63) is 24.3 Å². The molecule has 1 saturated heterocycles. The number of benzene rings is 1. The van der Waals surface area contributed by atoms with Crippen LogP contribution in [0.2, 0.25) is 0 Å². The second-order valence-corrected chi connectivity index (χ2v) is 6.01. The molecule has 2 amide bonds. The van der Waals surface area contributed by atoms with Gasteiger partial charge in [0.05, 0.1) is 6.10 Å². The maximum atomic E-state index is 12.2. The molecular formula is C18H22N2O3. The first-order valence-electron chi connectivity index (χ1n) is 8.11. The van der Waals surface area contributed by atoms with Crippen LogP contribution in [0.4, 0.5) is 10.5 Å². The fourth-order valence-corrected chi connectivity index (χ4v) is 3.45. The summed E-state index contributed by atoms with van der Waals surface area (Å²) in [4.78, 5) is 12.2. The maximum Gasteiger partial charge on any atom is 0.319 e. The van der Waals surface area contributed by atoms with Gasteiger partial charge in [-0.3, -0.25) is 0 Å². The lowest BCUT2D eigenvalue weighted by molar-refractivity contribution is 0.0553. The first-order valence-corrected chi connectivity index (χ1v) is 8.11. The predicted molar refractivity (Wildman–Crippen MR) is 88.4 cm³/mol. The fourth-order valence-electron chi connectivity index (χ4n) is 3.45. The molecule has 1 saturated carbocycles. The fraction of sp³-hybridized carbons (Fsp3) is 0.500. The average Bonchev–Trinajstić information content (AvgIpc) is 3.04. The number of ether oxygens (including phenoxy) is 2. The van der Waals surface area contributed by atoms with Crippen LogP contribution in [0.25, 0.3) is 0 Å². The molecule has 122 valence electrons. The predicted octanol–water partition coefficient (Wildman–Crippen LogP) is 2.78. The number of terminal acetylenes is 1. The van der Waals surface area contributed by atoms with Gasteiger partial charge in [-0.15, -0.1) is 6.42 Å². The summed E-state index contributed by atoms with van der Waals surface area (Å²) in [5, 5.41) is 5.97. The van der Waals surface area contributed by atoms with Crippen molar-refractivity contribution in [1.82, 2.24) is 5.32 Å². The molecular weight excluding hydrogens is 292 g/mol. The van der Waals surface area contributed by atoms with Crippen LogP contribution in [0.1, 0.15) is 25.7 Å². The molecule has 2 fully saturated rings. The van der Waals surface area contributed by atoms with Gasteiger partial charge in [-0.25, -0.2) is 4.79 Å². The van der Waals surface area contributed by atoms with E-state index in [1.165, 1.54) is 0 Å². The van der Waals surface area contributed by atoms with E-state index in [2.05, 4.69) is 16.6 Å². The van der Waals surface area contributed by atoms with E-state index in [1.807, 2.05) is 0 Å². The zero-order chi connectivity index (χ0) is 16.1. The van der Waals surface area contributed by atoms with Crippen LogP contribution in [-0.2, 0) is 4.74 Å². The number of hydrogen-bond donors (Lipinski definition) is 2. The van der Waals surface area contributed by atoms with Gasteiger partial charge in [-0.05, 0) is 49.9 Å². The van der Waals surface area contributed by atoms with E-state index >= 15 is 0 Å². The Morgan fingerprint density at radius 1 is 1.30 bits per heavy atom. The van der Waals surface area contributed by atoms with Gasteiger partial charge in [-0.1, -0.05) is 5.92 Å². The largest absolute Gasteiger partial charge is 0.481 e. The molecule has 5 nitrogen and oxygen atoms in total. The highest BCUT2D eigenvalue weighted by Gasteiger charge is 2.38. The highest BCUT2D eigenvalue weighted by Crippen LogP contribution is 2.34. The van der Waals surface area contributed by atoms with E-state index in [0.717, 1.165) is 38.0 Å². The Morgan fingerprint density at radius 3 is 2.91 bits per heavy atom. The Balaban J connectivity index is 1.51. The van der Waals surface area contributed by atoms with Crippen molar-refractivity contribution >= 4 is 11.7 Å². The SMILES string of the molecule is C#CCOc1ccc(NC(=O)N[C@@H]2CCC[C@H]3OCC[C@H]23)cc1. The number of amides is 2. The lowest BCUT2D eigenvalue weighted by Gasteiger charge is -2.33. The van der Waals surface area contributed by atoms with Crippen LogP contribution < -0.4 is 15.4 Å². The molecule has 3 atom stereocenters. The molecule has 1 aromatic rings. The molecule has 5 heteroatoms. The molecule has 3 rings (SSSR count). The third kappa shape index (κ3) is 3.96. The normalized spacial score (nSPS) is 26.0. The smallest absolute Gasteiger partial charge is 0.319 e. The molecule has 0 radical (unpaired) electrons. The van der Waals surface area contributed by atoms with E-state index in [9.17, 15) is 4.79 Å². The molecule has 0 spiro atoms. The zero-order valence-corrected chi connectivity index (χ0v) is 13.1. The van der Waals surface area contributed by atoms with E-state index in [0.29, 0.717) is 17.8 Å². The highest BCUT2D eigenvalue weighted by molar-refractivity contribution is 5.89. The number of fused-ring (bicyclic) bond motifs is 1. The summed E-state index contributed by atoms with van der Waals surface area (Å²) in [7, 11) is 0.